The maximum Gasteiger partial charge on any atom is 0.323 e. The predicted octanol–water partition coefficient (Wildman–Crippen LogP) is 4.07. The molecular weight excluding hydrogens is 559 g/mol. The van der Waals surface area contributed by atoms with Crippen LogP contribution in [0.2, 0.25) is 0 Å². The molecule has 0 bridgehead atoms. The van der Waals surface area contributed by atoms with E-state index in [0.717, 1.165) is 11.3 Å². The van der Waals surface area contributed by atoms with Gasteiger partial charge in [-0.15, -0.1) is 11.3 Å². The number of benzene rings is 2. The average Bonchev–Trinajstić information content (AvgIpc) is 3.48. The first-order chi connectivity index (χ1) is 19.0. The maximum absolute atomic E-state index is 13.6. The van der Waals surface area contributed by atoms with E-state index in [-0.39, 0.29) is 41.1 Å². The summed E-state index contributed by atoms with van der Waals surface area (Å²) in [4.78, 5) is 27.7. The van der Waals surface area contributed by atoms with Crippen LogP contribution in [-0.4, -0.2) is 73.6 Å². The number of urea groups is 1. The van der Waals surface area contributed by atoms with Crippen molar-refractivity contribution in [1.29, 1.82) is 0 Å². The molecule has 214 valence electrons. The summed E-state index contributed by atoms with van der Waals surface area (Å²) in [6.45, 7) is 3.54. The summed E-state index contributed by atoms with van der Waals surface area (Å²) in [5, 5.41) is 16.8. The van der Waals surface area contributed by atoms with Gasteiger partial charge in [0.2, 0.25) is 0 Å². The Hall–Kier alpha value is -3.52. The third kappa shape index (κ3) is 6.61. The molecule has 4 rings (SSSR count). The number of aliphatic hydroxyl groups is 1. The molecular formula is C27H31FN4O6S2. The minimum absolute atomic E-state index is 0.0243. The smallest absolute Gasteiger partial charge is 0.323 e. The second-order valence-electron chi connectivity index (χ2n) is 9.64. The van der Waals surface area contributed by atoms with Crippen molar-refractivity contribution in [1.82, 2.24) is 9.21 Å². The molecule has 10 nitrogen and oxygen atoms in total. The van der Waals surface area contributed by atoms with Gasteiger partial charge in [0.1, 0.15) is 21.9 Å². The first kappa shape index (κ1) is 29.5. The number of carbonyl (C=O) groups is 2. The number of sulfonamides is 1. The molecule has 0 fully saturated rings. The van der Waals surface area contributed by atoms with E-state index in [1.807, 2.05) is 6.92 Å². The molecule has 0 unspecified atom stereocenters. The highest BCUT2D eigenvalue weighted by molar-refractivity contribution is 7.91. The molecule has 0 saturated carbocycles. The largest absolute Gasteiger partial charge is 0.488 e. The summed E-state index contributed by atoms with van der Waals surface area (Å²) in [6, 6.07) is 11.9. The first-order valence-electron chi connectivity index (χ1n) is 12.6. The Bertz CT molecular complexity index is 1450. The van der Waals surface area contributed by atoms with Gasteiger partial charge in [-0.25, -0.2) is 17.6 Å². The Morgan fingerprint density at radius 3 is 2.52 bits per heavy atom. The van der Waals surface area contributed by atoms with Crippen LogP contribution in [0.25, 0.3) is 0 Å². The van der Waals surface area contributed by atoms with Gasteiger partial charge in [0.25, 0.3) is 15.9 Å². The number of nitrogens with zero attached hydrogens (tertiary/aromatic N) is 2. The van der Waals surface area contributed by atoms with Gasteiger partial charge >= 0.3 is 6.03 Å². The number of fused-ring (bicyclic) bond motifs is 1. The third-order valence-electron chi connectivity index (χ3n) is 6.62. The lowest BCUT2D eigenvalue weighted by Crippen LogP contribution is -2.50. The number of nitrogens with one attached hydrogen (secondary N) is 2. The van der Waals surface area contributed by atoms with Crippen molar-refractivity contribution >= 4 is 44.7 Å². The van der Waals surface area contributed by atoms with Crippen LogP contribution >= 0.6 is 11.3 Å². The molecule has 3 N–H and O–H groups in total. The summed E-state index contributed by atoms with van der Waals surface area (Å²) in [6.07, 6.45) is -0.624. The number of thiophene rings is 1. The van der Waals surface area contributed by atoms with Crippen molar-refractivity contribution in [3.05, 3.63) is 71.4 Å². The van der Waals surface area contributed by atoms with Crippen LogP contribution in [0, 0.1) is 11.7 Å². The quantitative estimate of drug-likeness (QED) is 0.363. The van der Waals surface area contributed by atoms with Crippen molar-refractivity contribution in [3.63, 3.8) is 0 Å². The molecule has 13 heteroatoms. The highest BCUT2D eigenvalue weighted by Crippen LogP contribution is 2.31. The molecule has 2 heterocycles. The third-order valence-corrected chi connectivity index (χ3v) is 9.82. The number of likely N-dealkylation sites (N-methyl/N-ethyl adjacent to an activating group) is 1. The molecule has 0 radical (unpaired) electrons. The average molecular weight is 591 g/mol. The maximum atomic E-state index is 13.6. The van der Waals surface area contributed by atoms with E-state index < -0.39 is 39.9 Å². The standard InChI is InChI=1S/C27H31FN4O6S2/c1-17-14-32(18(2)16-33)26(34)22-13-21(30-27(35)29-20-8-6-19(28)7-9-20)10-11-23(22)38-24(17)15-31(3)40(36,37)25-5-4-12-39-25/h4-13,17-18,24,33H,14-16H2,1-3H3,(H2,29,30,35)/t17-,18+,24+/m1/s1. The molecule has 40 heavy (non-hydrogen) atoms. The summed E-state index contributed by atoms with van der Waals surface area (Å²) >= 11 is 1.12. The second-order valence-corrected chi connectivity index (χ2v) is 12.9. The van der Waals surface area contributed by atoms with Crippen LogP contribution in [0.15, 0.2) is 64.2 Å². The van der Waals surface area contributed by atoms with E-state index in [1.54, 1.807) is 30.5 Å². The zero-order valence-corrected chi connectivity index (χ0v) is 23.8. The van der Waals surface area contributed by atoms with Crippen molar-refractivity contribution in [2.24, 2.45) is 5.92 Å². The Morgan fingerprint density at radius 2 is 1.88 bits per heavy atom. The Labute approximate surface area is 236 Å². The highest BCUT2D eigenvalue weighted by Gasteiger charge is 2.35. The highest BCUT2D eigenvalue weighted by atomic mass is 32.2. The van der Waals surface area contributed by atoms with Crippen LogP contribution < -0.4 is 15.4 Å². The van der Waals surface area contributed by atoms with Gasteiger partial charge in [0.15, 0.2) is 0 Å². The van der Waals surface area contributed by atoms with Crippen LogP contribution in [0.1, 0.15) is 24.2 Å². The van der Waals surface area contributed by atoms with Gasteiger partial charge in [-0.05, 0) is 60.8 Å². The zero-order valence-electron chi connectivity index (χ0n) is 22.2. The Balaban J connectivity index is 1.60. The molecule has 0 aliphatic carbocycles. The molecule has 0 spiro atoms. The van der Waals surface area contributed by atoms with Gasteiger partial charge in [-0.2, -0.15) is 4.31 Å². The number of anilines is 2. The van der Waals surface area contributed by atoms with Crippen LogP contribution in [0.4, 0.5) is 20.6 Å². The molecule has 1 aliphatic heterocycles. The van der Waals surface area contributed by atoms with Crippen LogP contribution in [0.5, 0.6) is 5.75 Å². The van der Waals surface area contributed by atoms with Crippen molar-refractivity contribution in [2.45, 2.75) is 30.2 Å². The number of ether oxygens (including phenoxy) is 1. The predicted molar refractivity (Wildman–Crippen MR) is 151 cm³/mol. The minimum atomic E-state index is -3.73. The fraction of sp³-hybridized carbons (Fsp3) is 0.333. The Kier molecular flexibility index (Phi) is 9.08. The van der Waals surface area contributed by atoms with Gasteiger partial charge in [-0.3, -0.25) is 4.79 Å². The van der Waals surface area contributed by atoms with E-state index in [0.29, 0.717) is 11.4 Å². The number of amides is 3. The lowest BCUT2D eigenvalue weighted by molar-refractivity contribution is 0.0387. The van der Waals surface area contributed by atoms with Gasteiger partial charge in [-0.1, -0.05) is 13.0 Å². The normalized spacial score (nSPS) is 18.4. The van der Waals surface area contributed by atoms with Crippen molar-refractivity contribution in [3.8, 4) is 5.75 Å². The first-order valence-corrected chi connectivity index (χ1v) is 14.9. The number of rotatable bonds is 8. The summed E-state index contributed by atoms with van der Waals surface area (Å²) in [5.41, 5.74) is 0.834. The Morgan fingerprint density at radius 1 is 1.20 bits per heavy atom. The van der Waals surface area contributed by atoms with E-state index >= 15 is 0 Å². The van der Waals surface area contributed by atoms with Crippen molar-refractivity contribution < 1.29 is 32.2 Å². The molecule has 1 aliphatic rings. The van der Waals surface area contributed by atoms with E-state index in [2.05, 4.69) is 10.6 Å². The van der Waals surface area contributed by atoms with Crippen molar-refractivity contribution in [2.75, 3.05) is 37.4 Å². The van der Waals surface area contributed by atoms with Crippen LogP contribution in [0.3, 0.4) is 0 Å². The fourth-order valence-corrected chi connectivity index (χ4v) is 6.64. The number of carbonyl (C=O) groups excluding carboxylic acids is 2. The summed E-state index contributed by atoms with van der Waals surface area (Å²) in [7, 11) is -2.25. The van der Waals surface area contributed by atoms with Gasteiger partial charge in [0, 0.05) is 30.9 Å². The minimum Gasteiger partial charge on any atom is -0.488 e. The molecule has 3 atom stereocenters. The lowest BCUT2D eigenvalue weighted by atomic mass is 9.99. The number of hydrogen-bond donors (Lipinski definition) is 3. The summed E-state index contributed by atoms with van der Waals surface area (Å²) < 4.78 is 47.0. The van der Waals surface area contributed by atoms with E-state index in [9.17, 15) is 27.5 Å². The van der Waals surface area contributed by atoms with Crippen LogP contribution in [-0.2, 0) is 10.0 Å². The SMILES string of the molecule is C[C@@H]1CN([C@@H](C)CO)C(=O)c2cc(NC(=O)Nc3ccc(F)cc3)ccc2O[C@H]1CN(C)S(=O)(=O)c1cccs1. The molecule has 0 saturated heterocycles. The number of hydrogen-bond acceptors (Lipinski definition) is 7. The fourth-order valence-electron chi connectivity index (χ4n) is 4.26. The monoisotopic (exact) mass is 590 g/mol. The molecule has 2 aromatic carbocycles. The van der Waals surface area contributed by atoms with Gasteiger partial charge < -0.3 is 25.4 Å². The van der Waals surface area contributed by atoms with E-state index in [1.165, 1.54) is 52.7 Å². The molecule has 3 aromatic rings. The second kappa shape index (κ2) is 12.3. The molecule has 3 amide bonds. The molecule has 1 aromatic heterocycles. The number of halogens is 1. The van der Waals surface area contributed by atoms with E-state index in [4.69, 9.17) is 4.74 Å². The van der Waals surface area contributed by atoms with Gasteiger partial charge in [0.05, 0.1) is 24.8 Å². The lowest BCUT2D eigenvalue weighted by Gasteiger charge is -2.38. The zero-order chi connectivity index (χ0) is 29.0. The number of aliphatic hydroxyl groups excluding tert-OH is 1. The summed E-state index contributed by atoms with van der Waals surface area (Å²) in [5.74, 6) is -0.894. The topological polar surface area (TPSA) is 128 Å².